The van der Waals surface area contributed by atoms with Gasteiger partial charge in [-0.3, -0.25) is 4.79 Å². The van der Waals surface area contributed by atoms with Gasteiger partial charge in [-0.2, -0.15) is 0 Å². The van der Waals surface area contributed by atoms with Crippen LogP contribution in [0.15, 0.2) is 24.3 Å². The van der Waals surface area contributed by atoms with Crippen LogP contribution in [-0.2, 0) is 9.53 Å². The minimum atomic E-state index is -0.100. The van der Waals surface area contributed by atoms with Crippen LogP contribution in [0.2, 0.25) is 5.02 Å². The third-order valence-corrected chi connectivity index (χ3v) is 3.96. The Balaban J connectivity index is 1.98. The lowest BCUT2D eigenvalue weighted by molar-refractivity contribution is -0.144. The fourth-order valence-corrected chi connectivity index (χ4v) is 2.81. The standard InChI is InChI=1S/C15H19ClO2/c1-2-15(17)18-10-12-4-3-5-14(12)11-6-8-13(16)9-7-11/h6-9,12,14H,2-5,10H2,1H3. The fraction of sp³-hybridized carbons (Fsp3) is 0.533. The molecule has 0 saturated heterocycles. The molecule has 0 aromatic heterocycles. The first-order chi connectivity index (χ1) is 8.70. The molecule has 2 rings (SSSR count). The van der Waals surface area contributed by atoms with Gasteiger partial charge in [0.2, 0.25) is 0 Å². The van der Waals surface area contributed by atoms with E-state index in [9.17, 15) is 4.79 Å². The third kappa shape index (κ3) is 3.26. The molecule has 0 spiro atoms. The number of hydrogen-bond acceptors (Lipinski definition) is 2. The van der Waals surface area contributed by atoms with Gasteiger partial charge in [0.05, 0.1) is 6.61 Å². The Morgan fingerprint density at radius 2 is 2.06 bits per heavy atom. The molecule has 18 heavy (non-hydrogen) atoms. The highest BCUT2D eigenvalue weighted by atomic mass is 35.5. The van der Waals surface area contributed by atoms with E-state index in [-0.39, 0.29) is 5.97 Å². The van der Waals surface area contributed by atoms with E-state index in [0.717, 1.165) is 11.4 Å². The van der Waals surface area contributed by atoms with Gasteiger partial charge in [0.25, 0.3) is 0 Å². The second kappa shape index (κ2) is 6.24. The summed E-state index contributed by atoms with van der Waals surface area (Å²) in [7, 11) is 0. The van der Waals surface area contributed by atoms with Gasteiger partial charge < -0.3 is 4.74 Å². The SMILES string of the molecule is CCC(=O)OCC1CCCC1c1ccc(Cl)cc1. The van der Waals surface area contributed by atoms with Crippen LogP contribution in [0.4, 0.5) is 0 Å². The van der Waals surface area contributed by atoms with Gasteiger partial charge in [-0.15, -0.1) is 0 Å². The second-order valence-electron chi connectivity index (χ2n) is 4.89. The highest BCUT2D eigenvalue weighted by Crippen LogP contribution is 2.40. The van der Waals surface area contributed by atoms with Crippen LogP contribution in [0, 0.1) is 5.92 Å². The molecule has 1 aliphatic rings. The van der Waals surface area contributed by atoms with Crippen molar-refractivity contribution in [2.75, 3.05) is 6.61 Å². The number of benzene rings is 1. The largest absolute Gasteiger partial charge is 0.465 e. The first kappa shape index (κ1) is 13.4. The molecule has 0 radical (unpaired) electrons. The molecule has 1 aromatic carbocycles. The van der Waals surface area contributed by atoms with Crippen LogP contribution in [-0.4, -0.2) is 12.6 Å². The van der Waals surface area contributed by atoms with Gasteiger partial charge in [-0.05, 0) is 42.4 Å². The molecule has 2 unspecified atom stereocenters. The maximum absolute atomic E-state index is 11.2. The first-order valence-electron chi connectivity index (χ1n) is 6.61. The first-order valence-corrected chi connectivity index (χ1v) is 6.99. The van der Waals surface area contributed by atoms with Crippen molar-refractivity contribution < 1.29 is 9.53 Å². The summed E-state index contributed by atoms with van der Waals surface area (Å²) in [5, 5.41) is 0.769. The smallest absolute Gasteiger partial charge is 0.305 e. The van der Waals surface area contributed by atoms with E-state index in [1.807, 2.05) is 19.1 Å². The Bertz CT molecular complexity index is 399. The van der Waals surface area contributed by atoms with Gasteiger partial charge in [-0.25, -0.2) is 0 Å². The van der Waals surface area contributed by atoms with Crippen molar-refractivity contribution in [2.24, 2.45) is 5.92 Å². The molecule has 3 heteroatoms. The van der Waals surface area contributed by atoms with Crippen LogP contribution in [0.5, 0.6) is 0 Å². The molecule has 1 fully saturated rings. The lowest BCUT2D eigenvalue weighted by atomic mass is 9.89. The molecule has 0 aliphatic heterocycles. The van der Waals surface area contributed by atoms with Crippen molar-refractivity contribution in [1.82, 2.24) is 0 Å². The van der Waals surface area contributed by atoms with Crippen molar-refractivity contribution in [3.8, 4) is 0 Å². The Morgan fingerprint density at radius 3 is 2.72 bits per heavy atom. The minimum Gasteiger partial charge on any atom is -0.465 e. The number of carbonyl (C=O) groups excluding carboxylic acids is 1. The van der Waals surface area contributed by atoms with Crippen molar-refractivity contribution in [2.45, 2.75) is 38.5 Å². The molecule has 2 nitrogen and oxygen atoms in total. The molecule has 0 bridgehead atoms. The van der Waals surface area contributed by atoms with Crippen LogP contribution in [0.1, 0.15) is 44.1 Å². The number of hydrogen-bond donors (Lipinski definition) is 0. The summed E-state index contributed by atoms with van der Waals surface area (Å²) >= 11 is 5.91. The number of halogens is 1. The van der Waals surface area contributed by atoms with Gasteiger partial charge in [0.15, 0.2) is 0 Å². The summed E-state index contributed by atoms with van der Waals surface area (Å²) in [6, 6.07) is 8.05. The van der Waals surface area contributed by atoms with Crippen molar-refractivity contribution >= 4 is 17.6 Å². The predicted octanol–water partition coefficient (Wildman–Crippen LogP) is 4.18. The van der Waals surface area contributed by atoms with Crippen molar-refractivity contribution in [3.05, 3.63) is 34.9 Å². The molecular weight excluding hydrogens is 248 g/mol. The summed E-state index contributed by atoms with van der Waals surface area (Å²) in [5.41, 5.74) is 1.31. The van der Waals surface area contributed by atoms with E-state index >= 15 is 0 Å². The van der Waals surface area contributed by atoms with Gasteiger partial charge >= 0.3 is 5.97 Å². The number of esters is 1. The average molecular weight is 267 g/mol. The molecule has 0 amide bonds. The number of rotatable bonds is 4. The van der Waals surface area contributed by atoms with Crippen LogP contribution < -0.4 is 0 Å². The highest BCUT2D eigenvalue weighted by molar-refractivity contribution is 6.30. The number of ether oxygens (including phenoxy) is 1. The normalized spacial score (nSPS) is 23.0. The van der Waals surface area contributed by atoms with E-state index in [1.165, 1.54) is 18.4 Å². The fourth-order valence-electron chi connectivity index (χ4n) is 2.69. The molecule has 2 atom stereocenters. The summed E-state index contributed by atoms with van der Waals surface area (Å²) in [6.07, 6.45) is 3.99. The Hall–Kier alpha value is -1.02. The second-order valence-corrected chi connectivity index (χ2v) is 5.32. The zero-order chi connectivity index (χ0) is 13.0. The summed E-state index contributed by atoms with van der Waals surface area (Å²) in [6.45, 7) is 2.38. The Morgan fingerprint density at radius 1 is 1.33 bits per heavy atom. The zero-order valence-electron chi connectivity index (χ0n) is 10.7. The lowest BCUT2D eigenvalue weighted by Crippen LogP contribution is -2.16. The topological polar surface area (TPSA) is 26.3 Å². The molecule has 1 saturated carbocycles. The molecule has 1 aromatic rings. The van der Waals surface area contributed by atoms with Crippen molar-refractivity contribution in [1.29, 1.82) is 0 Å². The third-order valence-electron chi connectivity index (χ3n) is 3.70. The zero-order valence-corrected chi connectivity index (χ0v) is 11.5. The average Bonchev–Trinajstić information content (AvgIpc) is 2.85. The molecule has 0 heterocycles. The monoisotopic (exact) mass is 266 g/mol. The van der Waals surface area contributed by atoms with E-state index in [4.69, 9.17) is 16.3 Å². The Kier molecular flexibility index (Phi) is 4.65. The van der Waals surface area contributed by atoms with Crippen molar-refractivity contribution in [3.63, 3.8) is 0 Å². The van der Waals surface area contributed by atoms with E-state index in [1.54, 1.807) is 0 Å². The van der Waals surface area contributed by atoms with Gasteiger partial charge in [-0.1, -0.05) is 37.1 Å². The van der Waals surface area contributed by atoms with E-state index < -0.39 is 0 Å². The molecule has 98 valence electrons. The highest BCUT2D eigenvalue weighted by Gasteiger charge is 2.29. The van der Waals surface area contributed by atoms with E-state index in [2.05, 4.69) is 12.1 Å². The van der Waals surface area contributed by atoms with E-state index in [0.29, 0.717) is 24.9 Å². The minimum absolute atomic E-state index is 0.100. The summed E-state index contributed by atoms with van der Waals surface area (Å²) < 4.78 is 5.29. The van der Waals surface area contributed by atoms with Gasteiger partial charge in [0.1, 0.15) is 0 Å². The van der Waals surface area contributed by atoms with Gasteiger partial charge in [0, 0.05) is 11.4 Å². The quantitative estimate of drug-likeness (QED) is 0.765. The molecule has 1 aliphatic carbocycles. The predicted molar refractivity (Wildman–Crippen MR) is 72.8 cm³/mol. The van der Waals surface area contributed by atoms with Crippen LogP contribution >= 0.6 is 11.6 Å². The summed E-state index contributed by atoms with van der Waals surface area (Å²) in [5.74, 6) is 0.866. The molecule has 0 N–H and O–H groups in total. The number of carbonyl (C=O) groups is 1. The Labute approximate surface area is 113 Å². The maximum Gasteiger partial charge on any atom is 0.305 e. The van der Waals surface area contributed by atoms with Crippen LogP contribution in [0.3, 0.4) is 0 Å². The van der Waals surface area contributed by atoms with Crippen LogP contribution in [0.25, 0.3) is 0 Å². The lowest BCUT2D eigenvalue weighted by Gasteiger charge is -2.19. The maximum atomic E-state index is 11.2. The molecular formula is C15H19ClO2. The summed E-state index contributed by atoms with van der Waals surface area (Å²) in [4.78, 5) is 11.2.